The predicted molar refractivity (Wildman–Crippen MR) is 79.2 cm³/mol. The molecule has 0 atom stereocenters. The number of nitro benzene ring substituents is 1. The third-order valence-electron chi connectivity index (χ3n) is 3.14. The number of nitro groups is 1. The Labute approximate surface area is 125 Å². The average molecular weight is 300 g/mol. The van der Waals surface area contributed by atoms with Crippen molar-refractivity contribution in [3.8, 4) is 0 Å². The Kier molecular flexibility index (Phi) is 4.17. The monoisotopic (exact) mass is 300 g/mol. The largest absolute Gasteiger partial charge is 0.478 e. The van der Waals surface area contributed by atoms with Gasteiger partial charge < -0.3 is 10.4 Å². The fourth-order valence-corrected chi connectivity index (χ4v) is 1.98. The molecule has 0 heterocycles. The van der Waals surface area contributed by atoms with E-state index in [1.807, 2.05) is 0 Å². The molecule has 22 heavy (non-hydrogen) atoms. The van der Waals surface area contributed by atoms with E-state index in [-0.39, 0.29) is 16.8 Å². The molecular formula is C15H12N2O5. The first-order valence-electron chi connectivity index (χ1n) is 6.29. The maximum Gasteiger partial charge on any atom is 0.335 e. The number of aromatic carboxylic acids is 1. The number of carboxylic acid groups (broad SMARTS) is 1. The Hall–Kier alpha value is -3.22. The summed E-state index contributed by atoms with van der Waals surface area (Å²) < 4.78 is 0. The van der Waals surface area contributed by atoms with E-state index >= 15 is 0 Å². The zero-order valence-corrected chi connectivity index (χ0v) is 11.6. The number of carbonyl (C=O) groups is 2. The fourth-order valence-electron chi connectivity index (χ4n) is 1.98. The molecule has 0 aliphatic heterocycles. The molecule has 2 N–H and O–H groups in total. The van der Waals surface area contributed by atoms with E-state index < -0.39 is 16.8 Å². The fraction of sp³-hybridized carbons (Fsp3) is 0.0667. The van der Waals surface area contributed by atoms with Crippen LogP contribution in [0, 0.1) is 17.0 Å². The predicted octanol–water partition coefficient (Wildman–Crippen LogP) is 2.85. The van der Waals surface area contributed by atoms with Crippen molar-refractivity contribution in [3.63, 3.8) is 0 Å². The van der Waals surface area contributed by atoms with Crippen LogP contribution in [0.15, 0.2) is 42.5 Å². The number of nitrogens with one attached hydrogen (secondary N) is 1. The number of non-ortho nitro benzene ring substituents is 1. The lowest BCUT2D eigenvalue weighted by Crippen LogP contribution is -2.15. The number of nitrogens with zero attached hydrogens (tertiary/aromatic N) is 1. The normalized spacial score (nSPS) is 10.0. The summed E-state index contributed by atoms with van der Waals surface area (Å²) in [6, 6.07) is 9.79. The minimum atomic E-state index is -1.11. The molecule has 2 aromatic rings. The van der Waals surface area contributed by atoms with Crippen LogP contribution in [0.25, 0.3) is 0 Å². The van der Waals surface area contributed by atoms with Gasteiger partial charge in [-0.15, -0.1) is 0 Å². The number of hydrogen-bond donors (Lipinski definition) is 2. The van der Waals surface area contributed by atoms with Crippen LogP contribution in [0.5, 0.6) is 0 Å². The van der Waals surface area contributed by atoms with E-state index in [4.69, 9.17) is 5.11 Å². The van der Waals surface area contributed by atoms with Gasteiger partial charge in [0, 0.05) is 23.4 Å². The Balaban J connectivity index is 2.24. The number of carboxylic acids is 1. The third kappa shape index (κ3) is 3.09. The van der Waals surface area contributed by atoms with Crippen molar-refractivity contribution in [2.45, 2.75) is 6.92 Å². The van der Waals surface area contributed by atoms with Crippen LogP contribution in [-0.4, -0.2) is 21.9 Å². The summed E-state index contributed by atoms with van der Waals surface area (Å²) in [5.74, 6) is -1.59. The van der Waals surface area contributed by atoms with Crippen molar-refractivity contribution >= 4 is 23.3 Å². The first-order valence-corrected chi connectivity index (χ1v) is 6.29. The van der Waals surface area contributed by atoms with E-state index in [9.17, 15) is 19.7 Å². The maximum absolute atomic E-state index is 12.2. The zero-order chi connectivity index (χ0) is 16.3. The highest BCUT2D eigenvalue weighted by Gasteiger charge is 2.15. The molecule has 0 unspecified atom stereocenters. The van der Waals surface area contributed by atoms with Crippen molar-refractivity contribution < 1.29 is 19.6 Å². The lowest BCUT2D eigenvalue weighted by molar-refractivity contribution is -0.384. The minimum Gasteiger partial charge on any atom is -0.478 e. The Morgan fingerprint density at radius 2 is 1.68 bits per heavy atom. The summed E-state index contributed by atoms with van der Waals surface area (Å²) in [5, 5.41) is 22.2. The Morgan fingerprint density at radius 1 is 1.09 bits per heavy atom. The highest BCUT2D eigenvalue weighted by molar-refractivity contribution is 6.07. The molecule has 0 spiro atoms. The number of rotatable bonds is 4. The summed E-state index contributed by atoms with van der Waals surface area (Å²) in [6.07, 6.45) is 0. The minimum absolute atomic E-state index is 0.0522. The second kappa shape index (κ2) is 6.04. The molecular weight excluding hydrogens is 288 g/mol. The van der Waals surface area contributed by atoms with E-state index in [1.54, 1.807) is 6.92 Å². The molecule has 0 saturated carbocycles. The van der Waals surface area contributed by atoms with Gasteiger partial charge in [-0.1, -0.05) is 6.07 Å². The molecule has 7 heteroatoms. The molecule has 1 amide bonds. The summed E-state index contributed by atoms with van der Waals surface area (Å²) in [7, 11) is 0. The van der Waals surface area contributed by atoms with Gasteiger partial charge in [0.1, 0.15) is 0 Å². The number of hydrogen-bond acceptors (Lipinski definition) is 4. The standard InChI is InChI=1S/C15H12N2O5/c1-9-12(3-2-4-13(9)15(19)20)14(18)16-10-5-7-11(8-6-10)17(21)22/h2-8H,1H3,(H,16,18)(H,19,20). The summed E-state index contributed by atoms with van der Waals surface area (Å²) in [4.78, 5) is 33.3. The smallest absolute Gasteiger partial charge is 0.335 e. The van der Waals surface area contributed by atoms with Crippen LogP contribution in [0.2, 0.25) is 0 Å². The molecule has 7 nitrogen and oxygen atoms in total. The van der Waals surface area contributed by atoms with Crippen LogP contribution in [0.3, 0.4) is 0 Å². The summed E-state index contributed by atoms with van der Waals surface area (Å²) in [5.41, 5.74) is 0.946. The van der Waals surface area contributed by atoms with Crippen LogP contribution < -0.4 is 5.32 Å². The van der Waals surface area contributed by atoms with E-state index in [0.29, 0.717) is 11.3 Å². The Morgan fingerprint density at radius 3 is 2.23 bits per heavy atom. The van der Waals surface area contributed by atoms with Crippen molar-refractivity contribution in [2.24, 2.45) is 0 Å². The highest BCUT2D eigenvalue weighted by atomic mass is 16.6. The molecule has 112 valence electrons. The van der Waals surface area contributed by atoms with Crippen LogP contribution in [0.4, 0.5) is 11.4 Å². The van der Waals surface area contributed by atoms with Gasteiger partial charge in [0.25, 0.3) is 11.6 Å². The molecule has 0 radical (unpaired) electrons. The van der Waals surface area contributed by atoms with Crippen LogP contribution in [0.1, 0.15) is 26.3 Å². The molecule has 0 saturated heterocycles. The van der Waals surface area contributed by atoms with Crippen molar-refractivity contribution in [2.75, 3.05) is 5.32 Å². The third-order valence-corrected chi connectivity index (χ3v) is 3.14. The van der Waals surface area contributed by atoms with Crippen molar-refractivity contribution in [1.29, 1.82) is 0 Å². The van der Waals surface area contributed by atoms with Gasteiger partial charge >= 0.3 is 5.97 Å². The molecule has 0 bridgehead atoms. The molecule has 0 aromatic heterocycles. The lowest BCUT2D eigenvalue weighted by Gasteiger charge is -2.09. The Bertz CT molecular complexity index is 753. The molecule has 0 aliphatic carbocycles. The average Bonchev–Trinajstić information content (AvgIpc) is 2.47. The van der Waals surface area contributed by atoms with E-state index in [2.05, 4.69) is 5.32 Å². The maximum atomic E-state index is 12.2. The second-order valence-corrected chi connectivity index (χ2v) is 4.54. The number of amides is 1. The van der Waals surface area contributed by atoms with Crippen LogP contribution >= 0.6 is 0 Å². The molecule has 2 aromatic carbocycles. The SMILES string of the molecule is Cc1c(C(=O)O)cccc1C(=O)Nc1ccc([N+](=O)[O-])cc1. The topological polar surface area (TPSA) is 110 Å². The van der Waals surface area contributed by atoms with Crippen molar-refractivity contribution in [3.05, 3.63) is 69.3 Å². The van der Waals surface area contributed by atoms with Gasteiger partial charge in [0.15, 0.2) is 0 Å². The lowest BCUT2D eigenvalue weighted by atomic mass is 10.0. The number of anilines is 1. The second-order valence-electron chi connectivity index (χ2n) is 4.54. The summed E-state index contributed by atoms with van der Waals surface area (Å²) >= 11 is 0. The van der Waals surface area contributed by atoms with E-state index in [0.717, 1.165) is 0 Å². The van der Waals surface area contributed by atoms with Gasteiger partial charge in [-0.2, -0.15) is 0 Å². The summed E-state index contributed by atoms with van der Waals surface area (Å²) in [6.45, 7) is 1.55. The highest BCUT2D eigenvalue weighted by Crippen LogP contribution is 2.18. The van der Waals surface area contributed by atoms with E-state index in [1.165, 1.54) is 42.5 Å². The van der Waals surface area contributed by atoms with Gasteiger partial charge in [0.05, 0.1) is 10.5 Å². The number of benzene rings is 2. The van der Waals surface area contributed by atoms with Crippen LogP contribution in [-0.2, 0) is 0 Å². The van der Waals surface area contributed by atoms with Gasteiger partial charge in [0.2, 0.25) is 0 Å². The van der Waals surface area contributed by atoms with Gasteiger partial charge in [-0.05, 0) is 36.8 Å². The van der Waals surface area contributed by atoms with Gasteiger partial charge in [-0.3, -0.25) is 14.9 Å². The first kappa shape index (κ1) is 15.2. The quantitative estimate of drug-likeness (QED) is 0.666. The van der Waals surface area contributed by atoms with Gasteiger partial charge in [-0.25, -0.2) is 4.79 Å². The molecule has 0 fully saturated rings. The zero-order valence-electron chi connectivity index (χ0n) is 11.6. The van der Waals surface area contributed by atoms with Crippen molar-refractivity contribution in [1.82, 2.24) is 0 Å². The molecule has 0 aliphatic rings. The molecule has 2 rings (SSSR count). The first-order chi connectivity index (χ1) is 10.4. The number of carbonyl (C=O) groups excluding carboxylic acids is 1.